The molecular formula is C29H35ClN2O9S. The van der Waals surface area contributed by atoms with E-state index < -0.39 is 49.3 Å². The van der Waals surface area contributed by atoms with Crippen molar-refractivity contribution in [3.8, 4) is 0 Å². The van der Waals surface area contributed by atoms with E-state index >= 15 is 0 Å². The Labute approximate surface area is 250 Å². The van der Waals surface area contributed by atoms with E-state index in [2.05, 4.69) is 13.0 Å². The van der Waals surface area contributed by atoms with E-state index in [1.54, 1.807) is 12.0 Å². The standard InChI is InChI=1S/C15H22ClNO2.C14H13NO7S/c1-5-13-8-6-7-11(2)15(13)17(14(18)9-16)12(3)10-19-4;1-23(21,22)8-5-6-9(10(7-8)15(19)20)14(18)13-11(16)3-2-4-12(13)17/h6-8,12H,5,9-10H2,1-4H3;5-7,13H,2-4H2,1H3. The fourth-order valence-corrected chi connectivity index (χ4v) is 5.54. The zero-order valence-electron chi connectivity index (χ0n) is 24.2. The minimum Gasteiger partial charge on any atom is -0.383 e. The molecule has 11 nitrogen and oxygen atoms in total. The van der Waals surface area contributed by atoms with Gasteiger partial charge in [-0.05, 0) is 49.9 Å². The normalized spacial score (nSPS) is 14.5. The Hall–Kier alpha value is -3.48. The molecule has 0 radical (unpaired) electrons. The molecule has 2 aromatic carbocycles. The molecule has 13 heteroatoms. The molecule has 1 fully saturated rings. The molecule has 42 heavy (non-hydrogen) atoms. The van der Waals surface area contributed by atoms with Gasteiger partial charge in [-0.2, -0.15) is 0 Å². The molecule has 1 aliphatic rings. The van der Waals surface area contributed by atoms with E-state index in [1.165, 1.54) is 0 Å². The number of halogens is 1. The van der Waals surface area contributed by atoms with Crippen LogP contribution in [0, 0.1) is 23.0 Å². The van der Waals surface area contributed by atoms with Crippen molar-refractivity contribution < 1.29 is 37.3 Å². The number of carbonyl (C=O) groups excluding carboxylic acids is 4. The lowest BCUT2D eigenvalue weighted by Gasteiger charge is -2.31. The number of carbonyl (C=O) groups is 4. The first-order valence-corrected chi connectivity index (χ1v) is 15.7. The van der Waals surface area contributed by atoms with Crippen LogP contribution in [-0.2, 0) is 35.4 Å². The number of sulfone groups is 1. The number of hydrogen-bond donors (Lipinski definition) is 0. The molecule has 1 unspecified atom stereocenters. The number of ether oxygens (including phenoxy) is 1. The van der Waals surface area contributed by atoms with Crippen molar-refractivity contribution in [1.29, 1.82) is 0 Å². The van der Waals surface area contributed by atoms with Crippen LogP contribution in [-0.4, -0.2) is 68.5 Å². The number of rotatable bonds is 10. The molecule has 228 valence electrons. The summed E-state index contributed by atoms with van der Waals surface area (Å²) in [4.78, 5) is 59.9. The fourth-order valence-electron chi connectivity index (χ4n) is 4.78. The molecule has 0 aliphatic heterocycles. The van der Waals surface area contributed by atoms with Gasteiger partial charge in [-0.1, -0.05) is 25.1 Å². The maximum atomic E-state index is 12.4. The van der Waals surface area contributed by atoms with Crippen LogP contribution in [0.1, 0.15) is 54.6 Å². The second kappa shape index (κ2) is 15.1. The topological polar surface area (TPSA) is 158 Å². The second-order valence-electron chi connectivity index (χ2n) is 9.93. The summed E-state index contributed by atoms with van der Waals surface area (Å²) in [6.07, 6.45) is 2.25. The average Bonchev–Trinajstić information content (AvgIpc) is 2.93. The number of amides is 1. The molecule has 1 atom stereocenters. The molecule has 0 spiro atoms. The molecule has 1 amide bonds. The Morgan fingerprint density at radius 1 is 1.17 bits per heavy atom. The summed E-state index contributed by atoms with van der Waals surface area (Å²) in [6, 6.07) is 8.84. The maximum absolute atomic E-state index is 12.4. The van der Waals surface area contributed by atoms with Crippen LogP contribution < -0.4 is 4.90 Å². The molecule has 0 aromatic heterocycles. The predicted octanol–water partition coefficient (Wildman–Crippen LogP) is 4.28. The van der Waals surface area contributed by atoms with Gasteiger partial charge in [0.05, 0.1) is 33.7 Å². The Kier molecular flexibility index (Phi) is 12.5. The van der Waals surface area contributed by atoms with E-state index in [1.807, 2.05) is 26.0 Å². The first-order valence-electron chi connectivity index (χ1n) is 13.2. The number of Topliss-reactive ketones (excluding diaryl/α,β-unsaturated/α-hetero) is 3. The van der Waals surface area contributed by atoms with Crippen molar-refractivity contribution >= 4 is 56.1 Å². The Bertz CT molecular complexity index is 1460. The van der Waals surface area contributed by atoms with Crippen LogP contribution in [0.25, 0.3) is 0 Å². The summed E-state index contributed by atoms with van der Waals surface area (Å²) in [7, 11) is -2.06. The summed E-state index contributed by atoms with van der Waals surface area (Å²) >= 11 is 5.76. The zero-order valence-corrected chi connectivity index (χ0v) is 25.8. The van der Waals surface area contributed by atoms with Crippen molar-refractivity contribution in [2.24, 2.45) is 5.92 Å². The number of anilines is 1. The Morgan fingerprint density at radius 3 is 2.29 bits per heavy atom. The highest BCUT2D eigenvalue weighted by Gasteiger charge is 2.39. The van der Waals surface area contributed by atoms with Crippen LogP contribution in [0.5, 0.6) is 0 Å². The second-order valence-corrected chi connectivity index (χ2v) is 12.2. The van der Waals surface area contributed by atoms with Crippen molar-refractivity contribution in [3.05, 3.63) is 63.2 Å². The highest BCUT2D eigenvalue weighted by molar-refractivity contribution is 7.90. The number of alkyl halides is 1. The maximum Gasteiger partial charge on any atom is 0.281 e. The van der Waals surface area contributed by atoms with Gasteiger partial charge in [0, 0.05) is 32.3 Å². The monoisotopic (exact) mass is 622 g/mol. The molecule has 0 saturated heterocycles. The lowest BCUT2D eigenvalue weighted by molar-refractivity contribution is -0.385. The van der Waals surface area contributed by atoms with Gasteiger partial charge >= 0.3 is 0 Å². The smallest absolute Gasteiger partial charge is 0.281 e. The predicted molar refractivity (Wildman–Crippen MR) is 158 cm³/mol. The number of benzene rings is 2. The summed E-state index contributed by atoms with van der Waals surface area (Å²) in [5.74, 6) is -3.72. The number of nitro benzene ring substituents is 1. The quantitative estimate of drug-likeness (QED) is 0.124. The Balaban J connectivity index is 0.000000299. The third-order valence-electron chi connectivity index (χ3n) is 6.79. The molecule has 2 aromatic rings. The first kappa shape index (κ1) is 34.7. The summed E-state index contributed by atoms with van der Waals surface area (Å²) in [6.45, 7) is 6.56. The Morgan fingerprint density at radius 2 is 1.79 bits per heavy atom. The van der Waals surface area contributed by atoms with Crippen molar-refractivity contribution in [3.63, 3.8) is 0 Å². The minimum absolute atomic E-state index is 0.0223. The van der Waals surface area contributed by atoms with Gasteiger partial charge in [0.25, 0.3) is 5.69 Å². The van der Waals surface area contributed by atoms with Gasteiger partial charge < -0.3 is 9.64 Å². The number of methoxy groups -OCH3 is 1. The molecule has 0 N–H and O–H groups in total. The zero-order chi connectivity index (χ0) is 31.8. The third kappa shape index (κ3) is 8.30. The highest BCUT2D eigenvalue weighted by Crippen LogP contribution is 2.30. The lowest BCUT2D eigenvalue weighted by Crippen LogP contribution is -2.43. The van der Waals surface area contributed by atoms with Crippen LogP contribution in [0.2, 0.25) is 0 Å². The van der Waals surface area contributed by atoms with Gasteiger partial charge in [-0.15, -0.1) is 11.6 Å². The summed E-state index contributed by atoms with van der Waals surface area (Å²) in [5, 5.41) is 11.1. The number of para-hydroxylation sites is 1. The van der Waals surface area contributed by atoms with Crippen molar-refractivity contribution in [2.45, 2.75) is 57.4 Å². The fraction of sp³-hybridized carbons (Fsp3) is 0.448. The minimum atomic E-state index is -3.70. The van der Waals surface area contributed by atoms with Crippen LogP contribution in [0.15, 0.2) is 41.3 Å². The number of hydrogen-bond acceptors (Lipinski definition) is 9. The SMILES string of the molecule is CCc1cccc(C)c1N(C(=O)CCl)C(C)COC.CS(=O)(=O)c1ccc(C(=O)C2C(=O)CCCC2=O)c([N+](=O)[O-])c1. The largest absolute Gasteiger partial charge is 0.383 e. The van der Waals surface area contributed by atoms with Crippen molar-refractivity contribution in [1.82, 2.24) is 0 Å². The van der Waals surface area contributed by atoms with Gasteiger partial charge in [0.1, 0.15) is 11.8 Å². The van der Waals surface area contributed by atoms with Crippen molar-refractivity contribution in [2.75, 3.05) is 30.8 Å². The molecule has 1 aliphatic carbocycles. The van der Waals surface area contributed by atoms with Crippen LogP contribution in [0.3, 0.4) is 0 Å². The summed E-state index contributed by atoms with van der Waals surface area (Å²) < 4.78 is 28.1. The van der Waals surface area contributed by atoms with E-state index in [9.17, 15) is 37.7 Å². The van der Waals surface area contributed by atoms with Gasteiger partial charge in [-0.3, -0.25) is 29.3 Å². The number of ketones is 3. The molecule has 1 saturated carbocycles. The van der Waals surface area contributed by atoms with Gasteiger partial charge in [-0.25, -0.2) is 8.42 Å². The van der Waals surface area contributed by atoms with E-state index in [0.717, 1.165) is 47.7 Å². The highest BCUT2D eigenvalue weighted by atomic mass is 35.5. The molecule has 0 bridgehead atoms. The van der Waals surface area contributed by atoms with Gasteiger partial charge in [0.15, 0.2) is 27.2 Å². The first-order chi connectivity index (χ1) is 19.7. The van der Waals surface area contributed by atoms with E-state index in [4.69, 9.17) is 16.3 Å². The number of nitrogens with zero attached hydrogens (tertiary/aromatic N) is 2. The van der Waals surface area contributed by atoms with Crippen LogP contribution >= 0.6 is 11.6 Å². The summed E-state index contributed by atoms with van der Waals surface area (Å²) in [5.41, 5.74) is 2.04. The van der Waals surface area contributed by atoms with Gasteiger partial charge in [0.2, 0.25) is 5.91 Å². The van der Waals surface area contributed by atoms with Crippen LogP contribution in [0.4, 0.5) is 11.4 Å². The van der Waals surface area contributed by atoms with E-state index in [0.29, 0.717) is 13.0 Å². The molecule has 0 heterocycles. The average molecular weight is 623 g/mol. The van der Waals surface area contributed by atoms with E-state index in [-0.39, 0.29) is 35.6 Å². The lowest BCUT2D eigenvalue weighted by atomic mass is 9.81. The number of nitro groups is 1. The molecule has 3 rings (SSSR count). The molecular weight excluding hydrogens is 588 g/mol. The third-order valence-corrected chi connectivity index (χ3v) is 8.13. The number of aryl methyl sites for hydroxylation is 2.